The van der Waals surface area contributed by atoms with Crippen LogP contribution in [0.25, 0.3) is 0 Å². The van der Waals surface area contributed by atoms with Gasteiger partial charge in [0.15, 0.2) is 0 Å². The van der Waals surface area contributed by atoms with E-state index in [-0.39, 0.29) is 0 Å². The standard InChI is InChI=1S/C15H26N2O/c1-4-9-17-15(7-6-11-18-5-2)14-12-16-10-8-13(14)3/h8,10,12,15,17H,4-7,9,11H2,1-3H3. The molecule has 1 aromatic rings. The molecule has 0 bridgehead atoms. The number of rotatable bonds is 9. The van der Waals surface area contributed by atoms with Crippen LogP contribution >= 0.6 is 0 Å². The molecule has 3 heteroatoms. The summed E-state index contributed by atoms with van der Waals surface area (Å²) >= 11 is 0. The van der Waals surface area contributed by atoms with Crippen LogP contribution in [0.2, 0.25) is 0 Å². The highest BCUT2D eigenvalue weighted by Crippen LogP contribution is 2.21. The van der Waals surface area contributed by atoms with E-state index in [1.807, 2.05) is 19.3 Å². The number of ether oxygens (including phenoxy) is 1. The maximum Gasteiger partial charge on any atom is 0.0466 e. The Morgan fingerprint density at radius 2 is 2.22 bits per heavy atom. The van der Waals surface area contributed by atoms with Crippen LogP contribution in [0.4, 0.5) is 0 Å². The van der Waals surface area contributed by atoms with Gasteiger partial charge < -0.3 is 10.1 Å². The third-order valence-electron chi connectivity index (χ3n) is 3.08. The van der Waals surface area contributed by atoms with Gasteiger partial charge in [-0.05, 0) is 56.8 Å². The van der Waals surface area contributed by atoms with Gasteiger partial charge in [0.2, 0.25) is 0 Å². The molecule has 0 aromatic carbocycles. The van der Waals surface area contributed by atoms with Crippen molar-refractivity contribution in [3.05, 3.63) is 29.6 Å². The van der Waals surface area contributed by atoms with Crippen LogP contribution in [0, 0.1) is 6.92 Å². The quantitative estimate of drug-likeness (QED) is 0.683. The molecule has 0 aliphatic heterocycles. The van der Waals surface area contributed by atoms with Gasteiger partial charge in [-0.15, -0.1) is 0 Å². The Morgan fingerprint density at radius 1 is 1.39 bits per heavy atom. The van der Waals surface area contributed by atoms with Crippen molar-refractivity contribution in [1.29, 1.82) is 0 Å². The summed E-state index contributed by atoms with van der Waals surface area (Å²) in [5.74, 6) is 0. The first-order valence-corrected chi connectivity index (χ1v) is 7.01. The van der Waals surface area contributed by atoms with E-state index in [2.05, 4.69) is 30.2 Å². The van der Waals surface area contributed by atoms with Gasteiger partial charge in [0.25, 0.3) is 0 Å². The fourth-order valence-electron chi connectivity index (χ4n) is 2.06. The zero-order valence-electron chi connectivity index (χ0n) is 11.9. The molecule has 102 valence electrons. The molecule has 3 nitrogen and oxygen atoms in total. The molecule has 18 heavy (non-hydrogen) atoms. The summed E-state index contributed by atoms with van der Waals surface area (Å²) in [5.41, 5.74) is 2.64. The van der Waals surface area contributed by atoms with Gasteiger partial charge in [-0.1, -0.05) is 6.92 Å². The van der Waals surface area contributed by atoms with E-state index in [0.717, 1.165) is 39.0 Å². The first-order valence-electron chi connectivity index (χ1n) is 7.01. The summed E-state index contributed by atoms with van der Waals surface area (Å²) in [6.07, 6.45) is 7.19. The van der Waals surface area contributed by atoms with Gasteiger partial charge >= 0.3 is 0 Å². The van der Waals surface area contributed by atoms with E-state index in [9.17, 15) is 0 Å². The Kier molecular flexibility index (Phi) is 7.62. The molecule has 0 aliphatic rings. The number of hydrogen-bond donors (Lipinski definition) is 1. The molecule has 1 unspecified atom stereocenters. The lowest BCUT2D eigenvalue weighted by atomic mass is 9.99. The van der Waals surface area contributed by atoms with E-state index in [0.29, 0.717) is 6.04 Å². The van der Waals surface area contributed by atoms with Crippen molar-refractivity contribution in [3.63, 3.8) is 0 Å². The van der Waals surface area contributed by atoms with Crippen molar-refractivity contribution >= 4 is 0 Å². The maximum atomic E-state index is 5.41. The van der Waals surface area contributed by atoms with Gasteiger partial charge in [-0.2, -0.15) is 0 Å². The average molecular weight is 250 g/mol. The smallest absolute Gasteiger partial charge is 0.0466 e. The van der Waals surface area contributed by atoms with Gasteiger partial charge in [0, 0.05) is 31.6 Å². The fourth-order valence-corrected chi connectivity index (χ4v) is 2.06. The summed E-state index contributed by atoms with van der Waals surface area (Å²) in [6, 6.07) is 2.48. The first-order chi connectivity index (χ1) is 8.79. The van der Waals surface area contributed by atoms with Crippen LogP contribution in [-0.2, 0) is 4.74 Å². The number of aromatic nitrogens is 1. The Hall–Kier alpha value is -0.930. The largest absolute Gasteiger partial charge is 0.382 e. The van der Waals surface area contributed by atoms with E-state index in [1.165, 1.54) is 11.1 Å². The summed E-state index contributed by atoms with van der Waals surface area (Å²) < 4.78 is 5.41. The van der Waals surface area contributed by atoms with Crippen molar-refractivity contribution in [1.82, 2.24) is 10.3 Å². The first kappa shape index (κ1) is 15.1. The Morgan fingerprint density at radius 3 is 2.89 bits per heavy atom. The molecule has 1 rings (SSSR count). The molecule has 1 aromatic heterocycles. The topological polar surface area (TPSA) is 34.1 Å². The molecule has 0 fully saturated rings. The van der Waals surface area contributed by atoms with Gasteiger partial charge in [-0.3, -0.25) is 4.98 Å². The molecule has 1 atom stereocenters. The van der Waals surface area contributed by atoms with Gasteiger partial charge in [-0.25, -0.2) is 0 Å². The Bertz CT molecular complexity index is 328. The highest BCUT2D eigenvalue weighted by molar-refractivity contribution is 5.24. The van der Waals surface area contributed by atoms with Crippen LogP contribution < -0.4 is 5.32 Å². The summed E-state index contributed by atoms with van der Waals surface area (Å²) in [7, 11) is 0. The number of hydrogen-bond acceptors (Lipinski definition) is 3. The third-order valence-corrected chi connectivity index (χ3v) is 3.08. The molecule has 0 saturated heterocycles. The van der Waals surface area contributed by atoms with E-state index < -0.39 is 0 Å². The predicted molar refractivity (Wildman–Crippen MR) is 75.7 cm³/mol. The number of aryl methyl sites for hydroxylation is 1. The van der Waals surface area contributed by atoms with Crippen molar-refractivity contribution in [3.8, 4) is 0 Å². The predicted octanol–water partition coefficient (Wildman–Crippen LogP) is 3.25. The van der Waals surface area contributed by atoms with Gasteiger partial charge in [0.1, 0.15) is 0 Å². The van der Waals surface area contributed by atoms with Crippen LogP contribution in [-0.4, -0.2) is 24.7 Å². The van der Waals surface area contributed by atoms with E-state index in [1.54, 1.807) is 0 Å². The zero-order valence-corrected chi connectivity index (χ0v) is 11.9. The minimum absolute atomic E-state index is 0.402. The van der Waals surface area contributed by atoms with Crippen molar-refractivity contribution in [2.75, 3.05) is 19.8 Å². The second-order valence-electron chi connectivity index (χ2n) is 4.58. The second kappa shape index (κ2) is 9.06. The van der Waals surface area contributed by atoms with Crippen molar-refractivity contribution < 1.29 is 4.74 Å². The highest BCUT2D eigenvalue weighted by atomic mass is 16.5. The SMILES string of the molecule is CCCNC(CCCOCC)c1cnccc1C. The highest BCUT2D eigenvalue weighted by Gasteiger charge is 2.12. The molecular weight excluding hydrogens is 224 g/mol. The number of nitrogens with one attached hydrogen (secondary N) is 1. The number of pyridine rings is 1. The monoisotopic (exact) mass is 250 g/mol. The molecule has 0 aliphatic carbocycles. The molecule has 0 saturated carbocycles. The van der Waals surface area contributed by atoms with Gasteiger partial charge in [0.05, 0.1) is 0 Å². The van der Waals surface area contributed by atoms with E-state index in [4.69, 9.17) is 4.74 Å². The molecule has 1 N–H and O–H groups in total. The lowest BCUT2D eigenvalue weighted by Crippen LogP contribution is -2.23. The molecule has 1 heterocycles. The fraction of sp³-hybridized carbons (Fsp3) is 0.667. The van der Waals surface area contributed by atoms with E-state index >= 15 is 0 Å². The lowest BCUT2D eigenvalue weighted by molar-refractivity contribution is 0.140. The maximum absolute atomic E-state index is 5.41. The summed E-state index contributed by atoms with van der Waals surface area (Å²) in [5, 5.41) is 3.61. The van der Waals surface area contributed by atoms with Crippen molar-refractivity contribution in [2.24, 2.45) is 0 Å². The normalized spacial score (nSPS) is 12.6. The van der Waals surface area contributed by atoms with Crippen LogP contribution in [0.1, 0.15) is 50.3 Å². The Balaban J connectivity index is 2.57. The minimum atomic E-state index is 0.402. The summed E-state index contributed by atoms with van der Waals surface area (Å²) in [6.45, 7) is 9.09. The third kappa shape index (κ3) is 5.15. The van der Waals surface area contributed by atoms with Crippen LogP contribution in [0.5, 0.6) is 0 Å². The zero-order chi connectivity index (χ0) is 13.2. The van der Waals surface area contributed by atoms with Crippen LogP contribution in [0.15, 0.2) is 18.5 Å². The lowest BCUT2D eigenvalue weighted by Gasteiger charge is -2.20. The molecule has 0 spiro atoms. The van der Waals surface area contributed by atoms with Crippen LogP contribution in [0.3, 0.4) is 0 Å². The molecular formula is C15H26N2O. The second-order valence-corrected chi connectivity index (χ2v) is 4.58. The average Bonchev–Trinajstić information content (AvgIpc) is 2.39. The minimum Gasteiger partial charge on any atom is -0.382 e. The molecule has 0 amide bonds. The summed E-state index contributed by atoms with van der Waals surface area (Å²) in [4.78, 5) is 4.25. The number of nitrogens with zero attached hydrogens (tertiary/aromatic N) is 1. The Labute approximate surface area is 111 Å². The van der Waals surface area contributed by atoms with Crippen molar-refractivity contribution in [2.45, 2.75) is 46.1 Å². The molecule has 0 radical (unpaired) electrons.